The number of carbonyl (C=O) groups is 1. The Balaban J connectivity index is 3.05. The highest BCUT2D eigenvalue weighted by Gasteiger charge is 2.12. The first-order chi connectivity index (χ1) is 7.24. The first-order valence-electron chi connectivity index (χ1n) is 4.69. The molecule has 0 heterocycles. The maximum absolute atomic E-state index is 13.7. The number of rotatable bonds is 5. The van der Waals surface area contributed by atoms with Crippen molar-refractivity contribution in [2.75, 3.05) is 12.9 Å². The summed E-state index contributed by atoms with van der Waals surface area (Å²) in [6.07, 6.45) is 3.21. The molecule has 15 heavy (non-hydrogen) atoms. The Morgan fingerprint density at radius 1 is 1.53 bits per heavy atom. The van der Waals surface area contributed by atoms with Gasteiger partial charge in [0.1, 0.15) is 0 Å². The lowest BCUT2D eigenvalue weighted by molar-refractivity contribution is 0.112. The average molecular weight is 228 g/mol. The smallest absolute Gasteiger partial charge is 0.179 e. The van der Waals surface area contributed by atoms with Gasteiger partial charge in [-0.2, -0.15) is 0 Å². The number of aldehydes is 1. The van der Waals surface area contributed by atoms with Gasteiger partial charge in [-0.05, 0) is 24.8 Å². The van der Waals surface area contributed by atoms with Crippen LogP contribution in [-0.2, 0) is 0 Å². The summed E-state index contributed by atoms with van der Waals surface area (Å²) < 4.78 is 19.0. The molecule has 1 aromatic carbocycles. The van der Waals surface area contributed by atoms with Crippen molar-refractivity contribution in [2.24, 2.45) is 0 Å². The van der Waals surface area contributed by atoms with Crippen LogP contribution in [0.15, 0.2) is 17.0 Å². The Morgan fingerprint density at radius 3 is 2.80 bits per heavy atom. The molecule has 0 aliphatic rings. The highest BCUT2D eigenvalue weighted by atomic mass is 32.2. The van der Waals surface area contributed by atoms with Gasteiger partial charge in [0, 0.05) is 5.56 Å². The summed E-state index contributed by atoms with van der Waals surface area (Å²) in [6.45, 7) is 2.43. The van der Waals surface area contributed by atoms with Crippen LogP contribution in [0.1, 0.15) is 23.7 Å². The largest absolute Gasteiger partial charge is 0.490 e. The van der Waals surface area contributed by atoms with E-state index in [0.717, 1.165) is 6.42 Å². The monoisotopic (exact) mass is 228 g/mol. The van der Waals surface area contributed by atoms with Gasteiger partial charge in [0.25, 0.3) is 0 Å². The van der Waals surface area contributed by atoms with E-state index in [1.807, 2.05) is 6.92 Å². The average Bonchev–Trinajstić information content (AvgIpc) is 2.27. The quantitative estimate of drug-likeness (QED) is 0.572. The Hall–Kier alpha value is -1.03. The SMILES string of the molecule is CCCOc1ccc(C=O)c(SC)c1F. The number of ether oxygens (including phenoxy) is 1. The van der Waals surface area contributed by atoms with E-state index in [4.69, 9.17) is 4.74 Å². The second kappa shape index (κ2) is 5.75. The molecule has 4 heteroatoms. The third-order valence-electron chi connectivity index (χ3n) is 1.88. The van der Waals surface area contributed by atoms with Gasteiger partial charge in [0.2, 0.25) is 0 Å². The van der Waals surface area contributed by atoms with Crippen molar-refractivity contribution in [1.29, 1.82) is 0 Å². The maximum Gasteiger partial charge on any atom is 0.179 e. The van der Waals surface area contributed by atoms with Crippen LogP contribution in [0.2, 0.25) is 0 Å². The lowest BCUT2D eigenvalue weighted by Gasteiger charge is -2.09. The normalized spacial score (nSPS) is 10.1. The molecule has 1 aromatic rings. The first-order valence-corrected chi connectivity index (χ1v) is 5.91. The number of hydrogen-bond acceptors (Lipinski definition) is 3. The van der Waals surface area contributed by atoms with Gasteiger partial charge in [-0.15, -0.1) is 11.8 Å². The van der Waals surface area contributed by atoms with Crippen molar-refractivity contribution < 1.29 is 13.9 Å². The van der Waals surface area contributed by atoms with Crippen molar-refractivity contribution in [2.45, 2.75) is 18.2 Å². The zero-order chi connectivity index (χ0) is 11.3. The minimum Gasteiger partial charge on any atom is -0.490 e. The van der Waals surface area contributed by atoms with Crippen LogP contribution in [0.25, 0.3) is 0 Å². The molecule has 0 aliphatic heterocycles. The lowest BCUT2D eigenvalue weighted by atomic mass is 10.2. The molecule has 0 saturated heterocycles. The summed E-state index contributed by atoms with van der Waals surface area (Å²) in [6, 6.07) is 3.07. The topological polar surface area (TPSA) is 26.3 Å². The van der Waals surface area contributed by atoms with Crippen LogP contribution in [-0.4, -0.2) is 19.1 Å². The summed E-state index contributed by atoms with van der Waals surface area (Å²) >= 11 is 1.21. The minimum absolute atomic E-state index is 0.215. The number of halogens is 1. The maximum atomic E-state index is 13.7. The van der Waals surface area contributed by atoms with Gasteiger partial charge in [-0.1, -0.05) is 6.92 Å². The molecule has 0 aliphatic carbocycles. The Kier molecular flexibility index (Phi) is 4.62. The van der Waals surface area contributed by atoms with Gasteiger partial charge in [-0.25, -0.2) is 4.39 Å². The lowest BCUT2D eigenvalue weighted by Crippen LogP contribution is -2.00. The summed E-state index contributed by atoms with van der Waals surface area (Å²) in [4.78, 5) is 11.0. The fourth-order valence-electron chi connectivity index (χ4n) is 1.18. The van der Waals surface area contributed by atoms with Gasteiger partial charge in [0.15, 0.2) is 17.9 Å². The van der Waals surface area contributed by atoms with E-state index in [1.165, 1.54) is 17.8 Å². The van der Waals surface area contributed by atoms with Crippen LogP contribution >= 0.6 is 11.8 Å². The molecule has 0 aromatic heterocycles. The van der Waals surface area contributed by atoms with Crippen LogP contribution in [0.3, 0.4) is 0 Å². The van der Waals surface area contributed by atoms with Gasteiger partial charge < -0.3 is 4.74 Å². The Morgan fingerprint density at radius 2 is 2.27 bits per heavy atom. The molecular formula is C11H13FO2S. The second-order valence-electron chi connectivity index (χ2n) is 2.97. The molecule has 0 fully saturated rings. The summed E-state index contributed by atoms with van der Waals surface area (Å²) in [5, 5.41) is 0. The van der Waals surface area contributed by atoms with Crippen LogP contribution < -0.4 is 4.74 Å². The van der Waals surface area contributed by atoms with Crippen LogP contribution in [0.5, 0.6) is 5.75 Å². The van der Waals surface area contributed by atoms with Gasteiger partial charge in [0.05, 0.1) is 11.5 Å². The number of benzene rings is 1. The molecule has 1 rings (SSSR count). The zero-order valence-corrected chi connectivity index (χ0v) is 9.57. The van der Waals surface area contributed by atoms with Gasteiger partial charge >= 0.3 is 0 Å². The van der Waals surface area contributed by atoms with Crippen molar-refractivity contribution in [3.63, 3.8) is 0 Å². The van der Waals surface area contributed by atoms with Crippen LogP contribution in [0, 0.1) is 5.82 Å². The third kappa shape index (κ3) is 2.72. The molecule has 2 nitrogen and oxygen atoms in total. The van der Waals surface area contributed by atoms with E-state index in [-0.39, 0.29) is 5.75 Å². The predicted octanol–water partition coefficient (Wildman–Crippen LogP) is 3.15. The van der Waals surface area contributed by atoms with Crippen molar-refractivity contribution in [3.8, 4) is 5.75 Å². The van der Waals surface area contributed by atoms with Crippen LogP contribution in [0.4, 0.5) is 4.39 Å². The van der Waals surface area contributed by atoms with E-state index in [0.29, 0.717) is 23.4 Å². The Bertz CT molecular complexity index is 353. The van der Waals surface area contributed by atoms with Gasteiger partial charge in [-0.3, -0.25) is 4.79 Å². The molecular weight excluding hydrogens is 215 g/mol. The summed E-state index contributed by atoms with van der Waals surface area (Å²) in [7, 11) is 0. The van der Waals surface area contributed by atoms with E-state index in [9.17, 15) is 9.18 Å². The minimum atomic E-state index is -0.444. The number of thioether (sulfide) groups is 1. The third-order valence-corrected chi connectivity index (χ3v) is 2.71. The highest BCUT2D eigenvalue weighted by molar-refractivity contribution is 7.98. The predicted molar refractivity (Wildman–Crippen MR) is 59.4 cm³/mol. The molecule has 0 amide bonds. The van der Waals surface area contributed by atoms with E-state index in [2.05, 4.69) is 0 Å². The molecule has 0 saturated carbocycles. The van der Waals surface area contributed by atoms with E-state index >= 15 is 0 Å². The zero-order valence-electron chi connectivity index (χ0n) is 8.75. The van der Waals surface area contributed by atoms with Crippen molar-refractivity contribution in [3.05, 3.63) is 23.5 Å². The fourth-order valence-corrected chi connectivity index (χ4v) is 1.81. The molecule has 0 spiro atoms. The summed E-state index contributed by atoms with van der Waals surface area (Å²) in [5.74, 6) is -0.229. The standard InChI is InChI=1S/C11H13FO2S/c1-3-6-14-9-5-4-8(7-13)11(15-2)10(9)12/h4-5,7H,3,6H2,1-2H3. The van der Waals surface area contributed by atoms with E-state index in [1.54, 1.807) is 12.3 Å². The molecule has 0 radical (unpaired) electrons. The Labute approximate surface area is 92.8 Å². The molecule has 0 N–H and O–H groups in total. The second-order valence-corrected chi connectivity index (χ2v) is 3.78. The van der Waals surface area contributed by atoms with Crippen molar-refractivity contribution >= 4 is 18.0 Å². The van der Waals surface area contributed by atoms with E-state index < -0.39 is 5.82 Å². The highest BCUT2D eigenvalue weighted by Crippen LogP contribution is 2.29. The number of carbonyl (C=O) groups excluding carboxylic acids is 1. The fraction of sp³-hybridized carbons (Fsp3) is 0.364. The first kappa shape index (κ1) is 12.0. The molecule has 0 bridgehead atoms. The molecule has 82 valence electrons. The molecule has 0 atom stereocenters. The number of hydrogen-bond donors (Lipinski definition) is 0. The molecule has 0 unspecified atom stereocenters. The van der Waals surface area contributed by atoms with Crippen molar-refractivity contribution in [1.82, 2.24) is 0 Å². The summed E-state index contributed by atoms with van der Waals surface area (Å²) in [5.41, 5.74) is 0.365.